The van der Waals surface area contributed by atoms with E-state index in [-0.39, 0.29) is 0 Å². The molecule has 2 nitrogen and oxygen atoms in total. The summed E-state index contributed by atoms with van der Waals surface area (Å²) in [6.45, 7) is 0. The van der Waals surface area contributed by atoms with Gasteiger partial charge in [-0.25, -0.2) is 0 Å². The molecule has 12 heavy (non-hydrogen) atoms. The highest BCUT2D eigenvalue weighted by Crippen LogP contribution is 1.99. The molecular formula is C10H12N2. The van der Waals surface area contributed by atoms with Crippen LogP contribution in [-0.4, -0.2) is 12.9 Å². The molecule has 0 spiro atoms. The number of rotatable bonds is 2. The van der Waals surface area contributed by atoms with E-state index in [0.717, 1.165) is 5.56 Å². The van der Waals surface area contributed by atoms with Gasteiger partial charge in [-0.05, 0) is 11.6 Å². The van der Waals surface area contributed by atoms with Gasteiger partial charge in [-0.2, -0.15) is 0 Å². The minimum atomic E-state index is 0.541. The molecule has 0 aromatic heterocycles. The van der Waals surface area contributed by atoms with Crippen molar-refractivity contribution in [2.75, 3.05) is 7.05 Å². The van der Waals surface area contributed by atoms with Crippen molar-refractivity contribution >= 4 is 11.9 Å². The van der Waals surface area contributed by atoms with Crippen LogP contribution in [-0.2, 0) is 0 Å². The number of nitrogens with zero attached hydrogens (tertiary/aromatic N) is 1. The Balaban J connectivity index is 2.70. The van der Waals surface area contributed by atoms with Crippen molar-refractivity contribution < 1.29 is 0 Å². The Morgan fingerprint density at radius 2 is 2.00 bits per heavy atom. The zero-order valence-electron chi connectivity index (χ0n) is 7.07. The molecule has 0 atom stereocenters. The van der Waals surface area contributed by atoms with Crippen LogP contribution in [0.25, 0.3) is 6.08 Å². The van der Waals surface area contributed by atoms with Crippen LogP contribution in [0.1, 0.15) is 5.56 Å². The summed E-state index contributed by atoms with van der Waals surface area (Å²) in [6.07, 6.45) is 3.72. The predicted octanol–water partition coefficient (Wildman–Crippen LogP) is 1.69. The maximum absolute atomic E-state index is 5.48. The average Bonchev–Trinajstić information content (AvgIpc) is 2.16. The van der Waals surface area contributed by atoms with E-state index in [9.17, 15) is 0 Å². The van der Waals surface area contributed by atoms with Gasteiger partial charge in [0.15, 0.2) is 0 Å². The van der Waals surface area contributed by atoms with Crippen molar-refractivity contribution in [2.24, 2.45) is 10.7 Å². The van der Waals surface area contributed by atoms with E-state index in [0.29, 0.717) is 5.84 Å². The SMILES string of the molecule is CN=C(N)/C=C/c1ccccc1. The summed E-state index contributed by atoms with van der Waals surface area (Å²) in [5.74, 6) is 0.541. The first-order valence-corrected chi connectivity index (χ1v) is 3.78. The van der Waals surface area contributed by atoms with Crippen molar-refractivity contribution in [2.45, 2.75) is 0 Å². The number of amidine groups is 1. The van der Waals surface area contributed by atoms with Crippen LogP contribution in [0.3, 0.4) is 0 Å². The first-order chi connectivity index (χ1) is 5.83. The molecule has 1 aromatic rings. The van der Waals surface area contributed by atoms with Crippen LogP contribution >= 0.6 is 0 Å². The Morgan fingerprint density at radius 3 is 2.58 bits per heavy atom. The quantitative estimate of drug-likeness (QED) is 0.519. The number of hydrogen-bond donors (Lipinski definition) is 1. The highest BCUT2D eigenvalue weighted by atomic mass is 14.8. The fourth-order valence-electron chi connectivity index (χ4n) is 0.820. The van der Waals surface area contributed by atoms with Crippen LogP contribution < -0.4 is 5.73 Å². The van der Waals surface area contributed by atoms with Crippen molar-refractivity contribution in [3.8, 4) is 0 Å². The molecule has 0 unspecified atom stereocenters. The summed E-state index contributed by atoms with van der Waals surface area (Å²) in [7, 11) is 1.67. The zero-order chi connectivity index (χ0) is 8.81. The molecule has 1 rings (SSSR count). The summed E-state index contributed by atoms with van der Waals surface area (Å²) in [5.41, 5.74) is 6.61. The lowest BCUT2D eigenvalue weighted by atomic mass is 10.2. The first-order valence-electron chi connectivity index (χ1n) is 3.78. The summed E-state index contributed by atoms with van der Waals surface area (Å²) in [6, 6.07) is 9.98. The number of nitrogens with two attached hydrogens (primary N) is 1. The molecular weight excluding hydrogens is 148 g/mol. The van der Waals surface area contributed by atoms with Crippen molar-refractivity contribution in [1.82, 2.24) is 0 Å². The van der Waals surface area contributed by atoms with Gasteiger partial charge in [-0.3, -0.25) is 4.99 Å². The highest BCUT2D eigenvalue weighted by molar-refractivity contribution is 5.94. The van der Waals surface area contributed by atoms with E-state index < -0.39 is 0 Å². The summed E-state index contributed by atoms with van der Waals surface area (Å²) >= 11 is 0. The van der Waals surface area contributed by atoms with Crippen molar-refractivity contribution in [1.29, 1.82) is 0 Å². The van der Waals surface area contributed by atoms with Gasteiger partial charge in [0, 0.05) is 7.05 Å². The smallest absolute Gasteiger partial charge is 0.117 e. The maximum atomic E-state index is 5.48. The zero-order valence-corrected chi connectivity index (χ0v) is 7.07. The molecule has 0 fully saturated rings. The van der Waals surface area contributed by atoms with Gasteiger partial charge < -0.3 is 5.73 Å². The van der Waals surface area contributed by atoms with Gasteiger partial charge in [0.2, 0.25) is 0 Å². The molecule has 0 heterocycles. The van der Waals surface area contributed by atoms with Crippen molar-refractivity contribution in [3.63, 3.8) is 0 Å². The molecule has 1 aromatic carbocycles. The predicted molar refractivity (Wildman–Crippen MR) is 53.0 cm³/mol. The number of aliphatic imine (C=N–C) groups is 1. The molecule has 2 N–H and O–H groups in total. The lowest BCUT2D eigenvalue weighted by Crippen LogP contribution is -2.06. The molecule has 2 heteroatoms. The van der Waals surface area contributed by atoms with Crippen molar-refractivity contribution in [3.05, 3.63) is 42.0 Å². The lowest BCUT2D eigenvalue weighted by Gasteiger charge is -1.90. The Kier molecular flexibility index (Phi) is 3.08. The second-order valence-electron chi connectivity index (χ2n) is 2.39. The van der Waals surface area contributed by atoms with Gasteiger partial charge in [-0.1, -0.05) is 36.4 Å². The summed E-state index contributed by atoms with van der Waals surface area (Å²) in [4.78, 5) is 3.81. The topological polar surface area (TPSA) is 38.4 Å². The Hall–Kier alpha value is -1.57. The Labute approximate surface area is 72.4 Å². The minimum Gasteiger partial charge on any atom is -0.384 e. The third-order valence-corrected chi connectivity index (χ3v) is 1.50. The molecule has 0 aliphatic heterocycles. The molecule has 0 aliphatic rings. The highest BCUT2D eigenvalue weighted by Gasteiger charge is 1.83. The molecule has 0 aliphatic carbocycles. The third-order valence-electron chi connectivity index (χ3n) is 1.50. The van der Waals surface area contributed by atoms with E-state index in [1.807, 2.05) is 36.4 Å². The molecule has 0 amide bonds. The van der Waals surface area contributed by atoms with Gasteiger partial charge in [0.05, 0.1) is 0 Å². The Morgan fingerprint density at radius 1 is 1.33 bits per heavy atom. The second kappa shape index (κ2) is 4.34. The third kappa shape index (κ3) is 2.58. The normalized spacial score (nSPS) is 12.2. The van der Waals surface area contributed by atoms with Crippen LogP contribution in [0.5, 0.6) is 0 Å². The molecule has 0 radical (unpaired) electrons. The standard InChI is InChI=1S/C10H12N2/c1-12-10(11)8-7-9-5-3-2-4-6-9/h2-8H,1H3,(H2,11,12)/b8-7+. The van der Waals surface area contributed by atoms with E-state index in [1.165, 1.54) is 0 Å². The monoisotopic (exact) mass is 160 g/mol. The number of hydrogen-bond acceptors (Lipinski definition) is 1. The maximum Gasteiger partial charge on any atom is 0.117 e. The fraction of sp³-hybridized carbons (Fsp3) is 0.100. The average molecular weight is 160 g/mol. The second-order valence-corrected chi connectivity index (χ2v) is 2.39. The van der Waals surface area contributed by atoms with E-state index >= 15 is 0 Å². The van der Waals surface area contributed by atoms with Crippen LogP contribution in [0.4, 0.5) is 0 Å². The Bertz CT molecular complexity index is 286. The van der Waals surface area contributed by atoms with Crippen LogP contribution in [0.2, 0.25) is 0 Å². The first kappa shape index (κ1) is 8.53. The molecule has 0 saturated heterocycles. The molecule has 0 bridgehead atoms. The largest absolute Gasteiger partial charge is 0.384 e. The lowest BCUT2D eigenvalue weighted by molar-refractivity contribution is 1.41. The van der Waals surface area contributed by atoms with Crippen LogP contribution in [0, 0.1) is 0 Å². The fourth-order valence-corrected chi connectivity index (χ4v) is 0.820. The molecule has 0 saturated carbocycles. The minimum absolute atomic E-state index is 0.541. The van der Waals surface area contributed by atoms with E-state index in [1.54, 1.807) is 13.1 Å². The van der Waals surface area contributed by atoms with Gasteiger partial charge in [0.1, 0.15) is 5.84 Å². The summed E-state index contributed by atoms with van der Waals surface area (Å²) < 4.78 is 0. The van der Waals surface area contributed by atoms with Crippen LogP contribution in [0.15, 0.2) is 41.4 Å². The molecule has 62 valence electrons. The van der Waals surface area contributed by atoms with Gasteiger partial charge in [-0.15, -0.1) is 0 Å². The van der Waals surface area contributed by atoms with E-state index in [4.69, 9.17) is 5.73 Å². The van der Waals surface area contributed by atoms with Gasteiger partial charge in [0.25, 0.3) is 0 Å². The number of benzene rings is 1. The van der Waals surface area contributed by atoms with E-state index in [2.05, 4.69) is 4.99 Å². The van der Waals surface area contributed by atoms with Gasteiger partial charge >= 0.3 is 0 Å². The summed E-state index contributed by atoms with van der Waals surface area (Å²) in [5, 5.41) is 0.